The fourth-order valence-corrected chi connectivity index (χ4v) is 1.57. The van der Waals surface area contributed by atoms with Gasteiger partial charge >= 0.3 is 0 Å². The van der Waals surface area contributed by atoms with Crippen LogP contribution in [0.3, 0.4) is 0 Å². The van der Waals surface area contributed by atoms with Gasteiger partial charge in [-0.25, -0.2) is 0 Å². The molecule has 0 heterocycles. The van der Waals surface area contributed by atoms with Crippen LogP contribution in [0, 0.1) is 0 Å². The van der Waals surface area contributed by atoms with Gasteiger partial charge in [0.1, 0.15) is 0 Å². The molecule has 0 saturated carbocycles. The van der Waals surface area contributed by atoms with Gasteiger partial charge in [0.05, 0.1) is 6.10 Å². The SMILES string of the molecule is CNCc1c(N)ccc(N)c1C(C)O. The number of nitrogens with two attached hydrogens (primary N) is 2. The summed E-state index contributed by atoms with van der Waals surface area (Å²) in [7, 11) is 1.83. The van der Waals surface area contributed by atoms with Crippen LogP contribution >= 0.6 is 0 Å². The van der Waals surface area contributed by atoms with Gasteiger partial charge in [-0.15, -0.1) is 0 Å². The largest absolute Gasteiger partial charge is 0.398 e. The van der Waals surface area contributed by atoms with Gasteiger partial charge in [-0.2, -0.15) is 0 Å². The lowest BCUT2D eigenvalue weighted by molar-refractivity contribution is 0.199. The van der Waals surface area contributed by atoms with Crippen LogP contribution in [-0.2, 0) is 6.54 Å². The van der Waals surface area contributed by atoms with Crippen LogP contribution in [0.25, 0.3) is 0 Å². The summed E-state index contributed by atoms with van der Waals surface area (Å²) in [5, 5.41) is 12.6. The highest BCUT2D eigenvalue weighted by atomic mass is 16.3. The lowest BCUT2D eigenvalue weighted by atomic mass is 9.99. The molecule has 1 atom stereocenters. The Bertz CT molecular complexity index is 323. The molecule has 1 aromatic carbocycles. The third-order valence-electron chi connectivity index (χ3n) is 2.20. The van der Waals surface area contributed by atoms with Gasteiger partial charge < -0.3 is 21.9 Å². The van der Waals surface area contributed by atoms with E-state index in [1.807, 2.05) is 7.05 Å². The topological polar surface area (TPSA) is 84.3 Å². The van der Waals surface area contributed by atoms with Gasteiger partial charge in [-0.1, -0.05) is 0 Å². The van der Waals surface area contributed by atoms with E-state index >= 15 is 0 Å². The summed E-state index contributed by atoms with van der Waals surface area (Å²) < 4.78 is 0. The van der Waals surface area contributed by atoms with Gasteiger partial charge in [0, 0.05) is 23.5 Å². The first-order valence-corrected chi connectivity index (χ1v) is 4.57. The number of rotatable bonds is 3. The van der Waals surface area contributed by atoms with Crippen LogP contribution < -0.4 is 16.8 Å². The zero-order valence-electron chi connectivity index (χ0n) is 8.54. The van der Waals surface area contributed by atoms with E-state index in [2.05, 4.69) is 5.32 Å². The Morgan fingerprint density at radius 3 is 2.43 bits per heavy atom. The number of hydrogen-bond donors (Lipinski definition) is 4. The summed E-state index contributed by atoms with van der Waals surface area (Å²) in [5.41, 5.74) is 14.4. The van der Waals surface area contributed by atoms with Gasteiger partial charge in [-0.3, -0.25) is 0 Å². The third-order valence-corrected chi connectivity index (χ3v) is 2.20. The molecule has 6 N–H and O–H groups in total. The first-order chi connectivity index (χ1) is 6.57. The number of nitrogens with one attached hydrogen (secondary N) is 1. The van der Waals surface area contributed by atoms with Gasteiger partial charge in [0.2, 0.25) is 0 Å². The maximum Gasteiger partial charge on any atom is 0.0785 e. The smallest absolute Gasteiger partial charge is 0.0785 e. The van der Waals surface area contributed by atoms with Crippen molar-refractivity contribution in [3.63, 3.8) is 0 Å². The summed E-state index contributed by atoms with van der Waals surface area (Å²) >= 11 is 0. The van der Waals surface area contributed by atoms with Crippen LogP contribution in [0.15, 0.2) is 12.1 Å². The van der Waals surface area contributed by atoms with Crippen molar-refractivity contribution in [2.45, 2.75) is 19.6 Å². The van der Waals surface area contributed by atoms with Crippen LogP contribution in [0.2, 0.25) is 0 Å². The highest BCUT2D eigenvalue weighted by Crippen LogP contribution is 2.28. The molecular weight excluding hydrogens is 178 g/mol. The van der Waals surface area contributed by atoms with E-state index < -0.39 is 6.10 Å². The highest BCUT2D eigenvalue weighted by molar-refractivity contribution is 5.62. The normalized spacial score (nSPS) is 12.8. The molecule has 0 aliphatic carbocycles. The number of hydrogen-bond acceptors (Lipinski definition) is 4. The van der Waals surface area contributed by atoms with E-state index in [4.69, 9.17) is 11.5 Å². The summed E-state index contributed by atoms with van der Waals surface area (Å²) in [5.74, 6) is 0. The van der Waals surface area contributed by atoms with E-state index in [1.54, 1.807) is 19.1 Å². The van der Waals surface area contributed by atoms with Crippen molar-refractivity contribution < 1.29 is 5.11 Å². The Balaban J connectivity index is 3.26. The Labute approximate surface area is 83.9 Å². The fraction of sp³-hybridized carbons (Fsp3) is 0.400. The van der Waals surface area contributed by atoms with Crippen LogP contribution in [0.1, 0.15) is 24.2 Å². The monoisotopic (exact) mass is 195 g/mol. The fourth-order valence-electron chi connectivity index (χ4n) is 1.57. The highest BCUT2D eigenvalue weighted by Gasteiger charge is 2.13. The van der Waals surface area contributed by atoms with Crippen molar-refractivity contribution in [1.29, 1.82) is 0 Å². The molecule has 1 rings (SSSR count). The number of anilines is 2. The van der Waals surface area contributed by atoms with Crippen LogP contribution in [0.4, 0.5) is 11.4 Å². The Morgan fingerprint density at radius 2 is 1.93 bits per heavy atom. The van der Waals surface area contributed by atoms with E-state index in [9.17, 15) is 5.11 Å². The third kappa shape index (κ3) is 1.97. The molecule has 0 spiro atoms. The molecule has 0 aromatic heterocycles. The van der Waals surface area contributed by atoms with Crippen molar-refractivity contribution in [2.75, 3.05) is 18.5 Å². The lowest BCUT2D eigenvalue weighted by Crippen LogP contribution is -2.13. The summed E-state index contributed by atoms with van der Waals surface area (Å²) in [4.78, 5) is 0. The zero-order chi connectivity index (χ0) is 10.7. The van der Waals surface area contributed by atoms with Crippen LogP contribution in [-0.4, -0.2) is 12.2 Å². The predicted octanol–water partition coefficient (Wildman–Crippen LogP) is 0.624. The minimum atomic E-state index is -0.596. The van der Waals surface area contributed by atoms with Gasteiger partial charge in [0.15, 0.2) is 0 Å². The second-order valence-electron chi connectivity index (χ2n) is 3.34. The standard InChI is InChI=1S/C10H17N3O/c1-6(14)10-7(5-13-2)8(11)3-4-9(10)12/h3-4,6,13-14H,5,11-12H2,1-2H3. The van der Waals surface area contributed by atoms with E-state index in [-0.39, 0.29) is 0 Å². The Hall–Kier alpha value is -1.26. The average Bonchev–Trinajstić information content (AvgIpc) is 2.11. The Kier molecular flexibility index (Phi) is 3.33. The molecule has 14 heavy (non-hydrogen) atoms. The maximum atomic E-state index is 9.57. The molecular formula is C10H17N3O. The van der Waals surface area contributed by atoms with E-state index in [1.165, 1.54) is 0 Å². The van der Waals surface area contributed by atoms with Gasteiger partial charge in [0.25, 0.3) is 0 Å². The Morgan fingerprint density at radius 1 is 1.36 bits per heavy atom. The first kappa shape index (κ1) is 10.8. The van der Waals surface area contributed by atoms with Gasteiger partial charge in [-0.05, 0) is 31.7 Å². The molecule has 0 saturated heterocycles. The summed E-state index contributed by atoms with van der Waals surface area (Å²) in [6.45, 7) is 2.29. The molecule has 0 bridgehead atoms. The second kappa shape index (κ2) is 4.30. The molecule has 0 fully saturated rings. The number of aliphatic hydroxyl groups is 1. The summed E-state index contributed by atoms with van der Waals surface area (Å²) in [6, 6.07) is 3.48. The summed E-state index contributed by atoms with van der Waals surface area (Å²) in [6.07, 6.45) is -0.596. The second-order valence-corrected chi connectivity index (χ2v) is 3.34. The van der Waals surface area contributed by atoms with Crippen molar-refractivity contribution in [3.05, 3.63) is 23.3 Å². The van der Waals surface area contributed by atoms with E-state index in [0.29, 0.717) is 17.9 Å². The average molecular weight is 195 g/mol. The van der Waals surface area contributed by atoms with Crippen molar-refractivity contribution in [2.24, 2.45) is 0 Å². The van der Waals surface area contributed by atoms with Crippen molar-refractivity contribution >= 4 is 11.4 Å². The molecule has 1 unspecified atom stereocenters. The predicted molar refractivity (Wildman–Crippen MR) is 58.7 cm³/mol. The quantitative estimate of drug-likeness (QED) is 0.533. The maximum absolute atomic E-state index is 9.57. The first-order valence-electron chi connectivity index (χ1n) is 4.57. The molecule has 78 valence electrons. The van der Waals surface area contributed by atoms with Crippen molar-refractivity contribution in [1.82, 2.24) is 5.32 Å². The van der Waals surface area contributed by atoms with E-state index in [0.717, 1.165) is 11.1 Å². The molecule has 0 aliphatic heterocycles. The lowest BCUT2D eigenvalue weighted by Gasteiger charge is -2.16. The number of aliphatic hydroxyl groups excluding tert-OH is 1. The molecule has 4 nitrogen and oxygen atoms in total. The molecule has 0 aliphatic rings. The minimum absolute atomic E-state index is 0.583. The minimum Gasteiger partial charge on any atom is -0.398 e. The molecule has 1 aromatic rings. The zero-order valence-corrected chi connectivity index (χ0v) is 8.54. The number of nitrogen functional groups attached to an aromatic ring is 2. The molecule has 0 radical (unpaired) electrons. The van der Waals surface area contributed by atoms with Crippen molar-refractivity contribution in [3.8, 4) is 0 Å². The van der Waals surface area contributed by atoms with Crippen LogP contribution in [0.5, 0.6) is 0 Å². The number of benzene rings is 1. The molecule has 4 heteroatoms. The molecule has 0 amide bonds.